The Balaban J connectivity index is 2.94. The van der Waals surface area contributed by atoms with Crippen LogP contribution in [0.2, 0.25) is 0 Å². The van der Waals surface area contributed by atoms with Gasteiger partial charge in [-0.15, -0.1) is 0 Å². The predicted molar refractivity (Wildman–Crippen MR) is 110 cm³/mol. The third kappa shape index (κ3) is 4.59. The minimum atomic E-state index is -0.549. The molecule has 0 unspecified atom stereocenters. The molecule has 30 heavy (non-hydrogen) atoms. The molecule has 0 spiro atoms. The van der Waals surface area contributed by atoms with Gasteiger partial charge < -0.3 is 28.4 Å². The Morgan fingerprint density at radius 3 is 1.30 bits per heavy atom. The maximum Gasteiger partial charge on any atom is 0.338 e. The number of esters is 2. The first-order valence-corrected chi connectivity index (χ1v) is 9.32. The first kappa shape index (κ1) is 22.9. The van der Waals surface area contributed by atoms with Gasteiger partial charge in [-0.3, -0.25) is 0 Å². The zero-order valence-electron chi connectivity index (χ0n) is 18.0. The molecular formula is C22H26O8. The van der Waals surface area contributed by atoms with Crippen LogP contribution in [0.25, 0.3) is 11.1 Å². The van der Waals surface area contributed by atoms with Crippen molar-refractivity contribution >= 4 is 11.9 Å². The highest BCUT2D eigenvalue weighted by molar-refractivity contribution is 5.97. The highest BCUT2D eigenvalue weighted by Crippen LogP contribution is 2.47. The average molecular weight is 418 g/mol. The maximum atomic E-state index is 12.2. The lowest BCUT2D eigenvalue weighted by molar-refractivity contribution is 0.0591. The molecule has 0 saturated heterocycles. The second kappa shape index (κ2) is 10.4. The van der Waals surface area contributed by atoms with E-state index in [1.165, 1.54) is 40.6 Å². The van der Waals surface area contributed by atoms with Crippen LogP contribution in [0.15, 0.2) is 24.3 Å². The van der Waals surface area contributed by atoms with Gasteiger partial charge in [0, 0.05) is 11.1 Å². The Labute approximate surface area is 175 Å². The summed E-state index contributed by atoms with van der Waals surface area (Å²) in [5.74, 6) is 0.341. The van der Waals surface area contributed by atoms with E-state index in [0.29, 0.717) is 47.3 Å². The molecule has 0 aromatic heterocycles. The summed E-state index contributed by atoms with van der Waals surface area (Å²) in [7, 11) is 5.52. The number of carbonyl (C=O) groups is 2. The van der Waals surface area contributed by atoms with Crippen molar-refractivity contribution in [1.29, 1.82) is 0 Å². The number of rotatable bonds is 9. The van der Waals surface area contributed by atoms with Gasteiger partial charge in [-0.25, -0.2) is 9.59 Å². The molecule has 0 atom stereocenters. The van der Waals surface area contributed by atoms with Crippen LogP contribution >= 0.6 is 0 Å². The quantitative estimate of drug-likeness (QED) is 0.569. The average Bonchev–Trinajstić information content (AvgIpc) is 2.78. The fraction of sp³-hybridized carbons (Fsp3) is 0.364. The molecule has 8 heteroatoms. The second-order valence-electron chi connectivity index (χ2n) is 5.96. The van der Waals surface area contributed by atoms with Gasteiger partial charge in [-0.1, -0.05) is 0 Å². The molecule has 0 fully saturated rings. The van der Waals surface area contributed by atoms with Gasteiger partial charge in [0.05, 0.1) is 52.8 Å². The summed E-state index contributed by atoms with van der Waals surface area (Å²) in [5.41, 5.74) is 1.45. The Kier molecular flexibility index (Phi) is 7.91. The molecule has 0 aliphatic carbocycles. The monoisotopic (exact) mass is 418 g/mol. The summed E-state index contributed by atoms with van der Waals surface area (Å²) in [6.07, 6.45) is 0. The number of benzene rings is 2. The first-order valence-electron chi connectivity index (χ1n) is 9.32. The van der Waals surface area contributed by atoms with Crippen LogP contribution in [0.5, 0.6) is 23.0 Å². The minimum Gasteiger partial charge on any atom is -0.493 e. The lowest BCUT2D eigenvalue weighted by Gasteiger charge is -2.20. The summed E-state index contributed by atoms with van der Waals surface area (Å²) in [5, 5.41) is 0. The second-order valence-corrected chi connectivity index (χ2v) is 5.96. The van der Waals surface area contributed by atoms with E-state index >= 15 is 0 Å². The molecule has 2 rings (SSSR count). The molecule has 0 radical (unpaired) electrons. The van der Waals surface area contributed by atoms with Crippen LogP contribution in [-0.4, -0.2) is 53.6 Å². The van der Waals surface area contributed by atoms with Crippen LogP contribution in [0.1, 0.15) is 34.6 Å². The van der Waals surface area contributed by atoms with Crippen LogP contribution in [0, 0.1) is 0 Å². The van der Waals surface area contributed by atoms with Crippen molar-refractivity contribution in [2.75, 3.05) is 41.7 Å². The molecule has 0 heterocycles. The van der Waals surface area contributed by atoms with Crippen molar-refractivity contribution < 1.29 is 38.0 Å². The predicted octanol–water partition coefficient (Wildman–Crippen LogP) is 3.74. The molecule has 0 saturated carbocycles. The molecular weight excluding hydrogens is 392 g/mol. The summed E-state index contributed by atoms with van der Waals surface area (Å²) >= 11 is 0. The molecule has 0 aliphatic rings. The van der Waals surface area contributed by atoms with Gasteiger partial charge in [-0.05, 0) is 38.1 Å². The van der Waals surface area contributed by atoms with Gasteiger partial charge in [0.15, 0.2) is 23.0 Å². The molecule has 162 valence electrons. The number of methoxy groups -OCH3 is 4. The summed E-state index contributed by atoms with van der Waals surface area (Å²) in [6.45, 7) is 4.34. The van der Waals surface area contributed by atoms with Crippen LogP contribution in [-0.2, 0) is 9.47 Å². The van der Waals surface area contributed by atoms with Crippen molar-refractivity contribution in [3.8, 4) is 34.1 Å². The summed E-state index contributed by atoms with van der Waals surface area (Å²) in [6, 6.07) is 6.25. The Morgan fingerprint density at radius 1 is 0.667 bits per heavy atom. The van der Waals surface area contributed by atoms with Gasteiger partial charge in [0.25, 0.3) is 0 Å². The number of hydrogen-bond acceptors (Lipinski definition) is 8. The maximum absolute atomic E-state index is 12.2. The van der Waals surface area contributed by atoms with Gasteiger partial charge >= 0.3 is 11.9 Å². The van der Waals surface area contributed by atoms with Crippen LogP contribution in [0.3, 0.4) is 0 Å². The lowest BCUT2D eigenvalue weighted by atomic mass is 9.97. The molecule has 8 nitrogen and oxygen atoms in total. The third-order valence-electron chi connectivity index (χ3n) is 4.26. The van der Waals surface area contributed by atoms with Gasteiger partial charge in [0.1, 0.15) is 0 Å². The van der Waals surface area contributed by atoms with Crippen LogP contribution in [0.4, 0.5) is 0 Å². The highest BCUT2D eigenvalue weighted by Gasteiger charge is 2.24. The number of carbonyl (C=O) groups excluding carboxylic acids is 2. The van der Waals surface area contributed by atoms with Crippen molar-refractivity contribution in [2.45, 2.75) is 13.8 Å². The Hall–Kier alpha value is -3.42. The number of hydrogen-bond donors (Lipinski definition) is 0. The van der Waals surface area contributed by atoms with Crippen molar-refractivity contribution in [2.24, 2.45) is 0 Å². The summed E-state index contributed by atoms with van der Waals surface area (Å²) in [4.78, 5) is 24.5. The SMILES string of the molecule is CCOc1c(OC)cc(C(=O)OC)cc1-c1cc(C(=O)OC)cc(OC)c1OCC. The summed E-state index contributed by atoms with van der Waals surface area (Å²) < 4.78 is 32.3. The van der Waals surface area contributed by atoms with E-state index in [4.69, 9.17) is 28.4 Å². The van der Waals surface area contributed by atoms with Gasteiger partial charge in [-0.2, -0.15) is 0 Å². The molecule has 2 aromatic carbocycles. The molecule has 0 aliphatic heterocycles. The smallest absolute Gasteiger partial charge is 0.338 e. The van der Waals surface area contributed by atoms with E-state index < -0.39 is 11.9 Å². The van der Waals surface area contributed by atoms with E-state index in [9.17, 15) is 9.59 Å². The fourth-order valence-electron chi connectivity index (χ4n) is 2.97. The largest absolute Gasteiger partial charge is 0.493 e. The molecule has 2 aromatic rings. The van der Waals surface area contributed by atoms with Crippen molar-refractivity contribution in [3.63, 3.8) is 0 Å². The zero-order chi connectivity index (χ0) is 22.3. The third-order valence-corrected chi connectivity index (χ3v) is 4.26. The van der Waals surface area contributed by atoms with Crippen LogP contribution < -0.4 is 18.9 Å². The highest BCUT2D eigenvalue weighted by atomic mass is 16.5. The van der Waals surface area contributed by atoms with Gasteiger partial charge in [0.2, 0.25) is 0 Å². The normalized spacial score (nSPS) is 10.2. The van der Waals surface area contributed by atoms with Crippen molar-refractivity contribution in [1.82, 2.24) is 0 Å². The van der Waals surface area contributed by atoms with E-state index in [0.717, 1.165) is 0 Å². The van der Waals surface area contributed by atoms with E-state index in [1.807, 2.05) is 13.8 Å². The Morgan fingerprint density at radius 2 is 1.03 bits per heavy atom. The first-order chi connectivity index (χ1) is 14.4. The standard InChI is InChI=1S/C22H26O8/c1-7-29-19-15(9-13(21(23)27-5)11-17(19)25-3)16-10-14(22(24)28-6)12-18(26-4)20(16)30-8-2/h9-12H,7-8H2,1-6H3. The molecule has 0 amide bonds. The topological polar surface area (TPSA) is 89.5 Å². The van der Waals surface area contributed by atoms with E-state index in [-0.39, 0.29) is 11.1 Å². The Bertz CT molecular complexity index is 844. The lowest BCUT2D eigenvalue weighted by Crippen LogP contribution is -2.07. The van der Waals surface area contributed by atoms with E-state index in [1.54, 1.807) is 12.1 Å². The fourth-order valence-corrected chi connectivity index (χ4v) is 2.97. The zero-order valence-corrected chi connectivity index (χ0v) is 18.0. The molecule has 0 N–H and O–H groups in total. The molecule has 0 bridgehead atoms. The van der Waals surface area contributed by atoms with E-state index in [2.05, 4.69) is 0 Å². The minimum absolute atomic E-state index is 0.248. The number of ether oxygens (including phenoxy) is 6. The van der Waals surface area contributed by atoms with Crippen molar-refractivity contribution in [3.05, 3.63) is 35.4 Å².